The standard InChI is InChI=1S/C18H27N3O5S.ClH/c1-2-26-16-6-5-14(20-18(22)12-15-13-25-10-7-19-15)11-17(16)27(23,24)21-8-3-4-9-21;/h5-6,11,15,19H,2-4,7-10,12-13H2,1H3,(H,20,22);1H. The second-order valence-electron chi connectivity index (χ2n) is 6.68. The van der Waals surface area contributed by atoms with Crippen LogP contribution >= 0.6 is 12.4 Å². The lowest BCUT2D eigenvalue weighted by Crippen LogP contribution is -2.43. The highest BCUT2D eigenvalue weighted by atomic mass is 35.5. The summed E-state index contributed by atoms with van der Waals surface area (Å²) in [4.78, 5) is 12.4. The van der Waals surface area contributed by atoms with E-state index in [4.69, 9.17) is 9.47 Å². The molecule has 10 heteroatoms. The summed E-state index contributed by atoms with van der Waals surface area (Å²) < 4.78 is 38.3. The Morgan fingerprint density at radius 1 is 1.36 bits per heavy atom. The highest BCUT2D eigenvalue weighted by Crippen LogP contribution is 2.31. The number of hydrogen-bond acceptors (Lipinski definition) is 6. The lowest BCUT2D eigenvalue weighted by molar-refractivity contribution is -0.117. The molecular weight excluding hydrogens is 406 g/mol. The van der Waals surface area contributed by atoms with Gasteiger partial charge >= 0.3 is 0 Å². The molecule has 0 saturated carbocycles. The van der Waals surface area contributed by atoms with Gasteiger partial charge in [-0.3, -0.25) is 4.79 Å². The Morgan fingerprint density at radius 2 is 2.11 bits per heavy atom. The van der Waals surface area contributed by atoms with E-state index < -0.39 is 10.0 Å². The Kier molecular flexibility index (Phi) is 8.51. The number of anilines is 1. The topological polar surface area (TPSA) is 97.0 Å². The van der Waals surface area contributed by atoms with Crippen molar-refractivity contribution in [3.05, 3.63) is 18.2 Å². The number of amides is 1. The Hall–Kier alpha value is -1.39. The second-order valence-corrected chi connectivity index (χ2v) is 8.59. The molecule has 1 aromatic rings. The third kappa shape index (κ3) is 5.57. The van der Waals surface area contributed by atoms with Gasteiger partial charge in [0.1, 0.15) is 10.6 Å². The van der Waals surface area contributed by atoms with Crippen molar-refractivity contribution in [1.29, 1.82) is 0 Å². The van der Waals surface area contributed by atoms with E-state index >= 15 is 0 Å². The van der Waals surface area contributed by atoms with Crippen LogP contribution in [-0.2, 0) is 19.6 Å². The van der Waals surface area contributed by atoms with Gasteiger partial charge in [0.25, 0.3) is 0 Å². The van der Waals surface area contributed by atoms with Gasteiger partial charge in [0.15, 0.2) is 0 Å². The van der Waals surface area contributed by atoms with Crippen LogP contribution in [-0.4, -0.2) is 64.1 Å². The molecule has 1 amide bonds. The first-order valence-corrected chi connectivity index (χ1v) is 10.8. The molecule has 158 valence electrons. The third-order valence-electron chi connectivity index (χ3n) is 4.64. The van der Waals surface area contributed by atoms with E-state index in [0.29, 0.717) is 44.3 Å². The van der Waals surface area contributed by atoms with Crippen LogP contribution in [0.4, 0.5) is 5.69 Å². The SMILES string of the molecule is CCOc1ccc(NC(=O)CC2COCCN2)cc1S(=O)(=O)N1CCCC1.Cl. The summed E-state index contributed by atoms with van der Waals surface area (Å²) in [6.45, 7) is 5.05. The van der Waals surface area contributed by atoms with Crippen LogP contribution in [0.25, 0.3) is 0 Å². The number of morpholine rings is 1. The second kappa shape index (κ2) is 10.4. The maximum absolute atomic E-state index is 13.0. The molecule has 1 unspecified atom stereocenters. The summed E-state index contributed by atoms with van der Waals surface area (Å²) in [7, 11) is -3.65. The number of nitrogens with one attached hydrogen (secondary N) is 2. The molecular formula is C18H28ClN3O5S. The van der Waals surface area contributed by atoms with Crippen molar-refractivity contribution in [2.24, 2.45) is 0 Å². The smallest absolute Gasteiger partial charge is 0.246 e. The molecule has 2 fully saturated rings. The number of carbonyl (C=O) groups is 1. The van der Waals surface area contributed by atoms with Crippen LogP contribution in [0.2, 0.25) is 0 Å². The summed E-state index contributed by atoms with van der Waals surface area (Å²) in [6, 6.07) is 4.72. The molecule has 2 N–H and O–H groups in total. The minimum atomic E-state index is -3.65. The third-order valence-corrected chi connectivity index (χ3v) is 6.56. The lowest BCUT2D eigenvalue weighted by Gasteiger charge is -2.23. The number of sulfonamides is 1. The number of benzene rings is 1. The van der Waals surface area contributed by atoms with E-state index in [9.17, 15) is 13.2 Å². The van der Waals surface area contributed by atoms with Crippen molar-refractivity contribution in [2.45, 2.75) is 37.1 Å². The number of rotatable bonds is 7. The van der Waals surface area contributed by atoms with Gasteiger partial charge in [-0.1, -0.05) is 0 Å². The molecule has 2 aliphatic heterocycles. The van der Waals surface area contributed by atoms with Gasteiger partial charge in [-0.25, -0.2) is 8.42 Å². The Morgan fingerprint density at radius 3 is 2.75 bits per heavy atom. The quantitative estimate of drug-likeness (QED) is 0.678. The van der Waals surface area contributed by atoms with E-state index in [0.717, 1.165) is 19.4 Å². The van der Waals surface area contributed by atoms with Crippen molar-refractivity contribution < 1.29 is 22.7 Å². The van der Waals surface area contributed by atoms with E-state index in [1.807, 2.05) is 0 Å². The van der Waals surface area contributed by atoms with Crippen molar-refractivity contribution >= 4 is 34.0 Å². The van der Waals surface area contributed by atoms with Crippen LogP contribution < -0.4 is 15.4 Å². The molecule has 2 heterocycles. The van der Waals surface area contributed by atoms with E-state index in [1.54, 1.807) is 19.1 Å². The zero-order valence-corrected chi connectivity index (χ0v) is 17.6. The van der Waals surface area contributed by atoms with Crippen LogP contribution in [0.3, 0.4) is 0 Å². The van der Waals surface area contributed by atoms with Crippen molar-refractivity contribution in [2.75, 3.05) is 44.8 Å². The van der Waals surface area contributed by atoms with E-state index in [-0.39, 0.29) is 35.7 Å². The fraction of sp³-hybridized carbons (Fsp3) is 0.611. The largest absolute Gasteiger partial charge is 0.492 e. The van der Waals surface area contributed by atoms with Gasteiger partial charge in [0.2, 0.25) is 15.9 Å². The highest BCUT2D eigenvalue weighted by Gasteiger charge is 2.30. The summed E-state index contributed by atoms with van der Waals surface area (Å²) in [5.74, 6) is 0.122. The average molecular weight is 434 g/mol. The molecule has 0 bridgehead atoms. The average Bonchev–Trinajstić information content (AvgIpc) is 3.19. The Balaban J connectivity index is 0.00000280. The number of halogens is 1. The van der Waals surface area contributed by atoms with Crippen molar-refractivity contribution in [3.8, 4) is 5.75 Å². The fourth-order valence-electron chi connectivity index (χ4n) is 3.32. The molecule has 3 rings (SSSR count). The van der Waals surface area contributed by atoms with Gasteiger partial charge in [0, 0.05) is 37.8 Å². The van der Waals surface area contributed by atoms with Gasteiger partial charge < -0.3 is 20.1 Å². The predicted octanol–water partition coefficient (Wildman–Crippen LogP) is 1.61. The Labute approximate surface area is 172 Å². The maximum Gasteiger partial charge on any atom is 0.246 e. The zero-order valence-electron chi connectivity index (χ0n) is 16.0. The van der Waals surface area contributed by atoms with Crippen LogP contribution in [0.15, 0.2) is 23.1 Å². The highest BCUT2D eigenvalue weighted by molar-refractivity contribution is 7.89. The van der Waals surface area contributed by atoms with Gasteiger partial charge in [-0.05, 0) is 38.0 Å². The molecule has 0 spiro atoms. The van der Waals surface area contributed by atoms with E-state index in [2.05, 4.69) is 10.6 Å². The molecule has 1 atom stereocenters. The van der Waals surface area contributed by atoms with Crippen LogP contribution in [0.1, 0.15) is 26.2 Å². The Bertz CT molecular complexity index is 762. The van der Waals surface area contributed by atoms with Crippen molar-refractivity contribution in [3.63, 3.8) is 0 Å². The van der Waals surface area contributed by atoms with E-state index in [1.165, 1.54) is 10.4 Å². The summed E-state index contributed by atoms with van der Waals surface area (Å²) in [5.41, 5.74) is 0.443. The van der Waals surface area contributed by atoms with Crippen LogP contribution in [0.5, 0.6) is 5.75 Å². The number of nitrogens with zero attached hydrogens (tertiary/aromatic N) is 1. The first-order chi connectivity index (χ1) is 13.0. The first kappa shape index (κ1) is 22.9. The normalized spacial score (nSPS) is 20.4. The fourth-order valence-corrected chi connectivity index (χ4v) is 4.99. The molecule has 0 aromatic heterocycles. The van der Waals surface area contributed by atoms with Crippen LogP contribution in [0, 0.1) is 0 Å². The van der Waals surface area contributed by atoms with Crippen molar-refractivity contribution in [1.82, 2.24) is 9.62 Å². The molecule has 2 aliphatic rings. The number of hydrogen-bond donors (Lipinski definition) is 2. The zero-order chi connectivity index (χ0) is 19.3. The van der Waals surface area contributed by atoms with Gasteiger partial charge in [0.05, 0.1) is 19.8 Å². The molecule has 8 nitrogen and oxygen atoms in total. The molecule has 2 saturated heterocycles. The molecule has 0 aliphatic carbocycles. The minimum Gasteiger partial charge on any atom is -0.492 e. The molecule has 0 radical (unpaired) electrons. The predicted molar refractivity (Wildman–Crippen MR) is 109 cm³/mol. The number of ether oxygens (including phenoxy) is 2. The summed E-state index contributed by atoms with van der Waals surface area (Å²) >= 11 is 0. The monoisotopic (exact) mass is 433 g/mol. The maximum atomic E-state index is 13.0. The summed E-state index contributed by atoms with van der Waals surface area (Å²) in [5, 5.41) is 6.01. The van der Waals surface area contributed by atoms with Gasteiger partial charge in [-0.15, -0.1) is 12.4 Å². The van der Waals surface area contributed by atoms with Gasteiger partial charge in [-0.2, -0.15) is 4.31 Å². The molecule has 1 aromatic carbocycles. The minimum absolute atomic E-state index is 0. The number of carbonyl (C=O) groups excluding carboxylic acids is 1. The lowest BCUT2D eigenvalue weighted by atomic mass is 10.2. The first-order valence-electron chi connectivity index (χ1n) is 9.38. The molecule has 28 heavy (non-hydrogen) atoms. The summed E-state index contributed by atoms with van der Waals surface area (Å²) in [6.07, 6.45) is 1.98.